The minimum absolute atomic E-state index is 0.649. The maximum absolute atomic E-state index is 5.78. The molecule has 0 radical (unpaired) electrons. The minimum atomic E-state index is 0.649. The molecule has 1 N–H and O–H groups in total. The van der Waals surface area contributed by atoms with E-state index >= 15 is 0 Å². The molecule has 1 aromatic carbocycles. The number of hydrogen-bond acceptors (Lipinski definition) is 2. The Kier molecular flexibility index (Phi) is 2.83. The molecule has 1 aromatic rings. The fraction of sp³-hybridized carbons (Fsp3) is 0.571. The minimum Gasteiger partial charge on any atom is -0.493 e. The highest BCUT2D eigenvalue weighted by Crippen LogP contribution is 2.27. The first-order chi connectivity index (χ1) is 7.92. The second kappa shape index (κ2) is 4.46. The van der Waals surface area contributed by atoms with Crippen LogP contribution in [-0.4, -0.2) is 19.2 Å². The van der Waals surface area contributed by atoms with Gasteiger partial charge in [-0.25, -0.2) is 0 Å². The van der Waals surface area contributed by atoms with Crippen LogP contribution in [0.25, 0.3) is 0 Å². The molecule has 1 saturated carbocycles. The van der Waals surface area contributed by atoms with Crippen LogP contribution in [0.4, 0.5) is 0 Å². The van der Waals surface area contributed by atoms with Crippen molar-refractivity contribution >= 4 is 0 Å². The van der Waals surface area contributed by atoms with E-state index in [4.69, 9.17) is 4.74 Å². The third-order valence-electron chi connectivity index (χ3n) is 3.76. The van der Waals surface area contributed by atoms with Gasteiger partial charge in [-0.2, -0.15) is 0 Å². The Balaban J connectivity index is 1.55. The molecule has 16 heavy (non-hydrogen) atoms. The molecule has 1 aliphatic heterocycles. The molecule has 86 valence electrons. The number of para-hydroxylation sites is 1. The van der Waals surface area contributed by atoms with E-state index in [9.17, 15) is 0 Å². The second-order valence-corrected chi connectivity index (χ2v) is 5.02. The van der Waals surface area contributed by atoms with Gasteiger partial charge in [0.15, 0.2) is 0 Å². The predicted molar refractivity (Wildman–Crippen MR) is 64.8 cm³/mol. The Labute approximate surface area is 97.0 Å². The predicted octanol–water partition coefficient (Wildman–Crippen LogP) is 2.38. The molecular formula is C14H19NO. The van der Waals surface area contributed by atoms with Gasteiger partial charge in [0, 0.05) is 18.5 Å². The highest BCUT2D eigenvalue weighted by molar-refractivity contribution is 5.35. The molecular weight excluding hydrogens is 198 g/mol. The van der Waals surface area contributed by atoms with Crippen molar-refractivity contribution < 1.29 is 4.74 Å². The molecule has 1 unspecified atom stereocenters. The summed E-state index contributed by atoms with van der Waals surface area (Å²) in [7, 11) is 0. The van der Waals surface area contributed by atoms with E-state index in [1.54, 1.807) is 0 Å². The largest absolute Gasteiger partial charge is 0.493 e. The van der Waals surface area contributed by atoms with Crippen molar-refractivity contribution in [2.75, 3.05) is 13.2 Å². The Morgan fingerprint density at radius 1 is 1.25 bits per heavy atom. The van der Waals surface area contributed by atoms with Gasteiger partial charge >= 0.3 is 0 Å². The van der Waals surface area contributed by atoms with Crippen LogP contribution >= 0.6 is 0 Å². The van der Waals surface area contributed by atoms with E-state index in [0.29, 0.717) is 5.92 Å². The smallest absolute Gasteiger partial charge is 0.122 e. The molecule has 2 nitrogen and oxygen atoms in total. The number of fused-ring (bicyclic) bond motifs is 1. The van der Waals surface area contributed by atoms with Gasteiger partial charge in [0.1, 0.15) is 5.75 Å². The molecule has 3 rings (SSSR count). The lowest BCUT2D eigenvalue weighted by molar-refractivity contribution is 0.205. The van der Waals surface area contributed by atoms with Crippen LogP contribution < -0.4 is 10.1 Å². The van der Waals surface area contributed by atoms with Gasteiger partial charge < -0.3 is 10.1 Å². The number of nitrogens with one attached hydrogen (secondary N) is 1. The Bertz CT molecular complexity index is 360. The van der Waals surface area contributed by atoms with Gasteiger partial charge in [0.25, 0.3) is 0 Å². The Morgan fingerprint density at radius 3 is 2.94 bits per heavy atom. The molecule has 1 aliphatic carbocycles. The summed E-state index contributed by atoms with van der Waals surface area (Å²) in [6.45, 7) is 1.98. The number of hydrogen-bond donors (Lipinski definition) is 1. The second-order valence-electron chi connectivity index (χ2n) is 5.02. The van der Waals surface area contributed by atoms with E-state index in [-0.39, 0.29) is 0 Å². The average molecular weight is 217 g/mol. The lowest BCUT2D eigenvalue weighted by Crippen LogP contribution is -2.40. The molecule has 2 heteroatoms. The summed E-state index contributed by atoms with van der Waals surface area (Å²) in [5.41, 5.74) is 1.37. The zero-order valence-corrected chi connectivity index (χ0v) is 9.61. The van der Waals surface area contributed by atoms with Crippen LogP contribution in [0.5, 0.6) is 5.75 Å². The summed E-state index contributed by atoms with van der Waals surface area (Å²) in [5.74, 6) is 1.73. The van der Waals surface area contributed by atoms with E-state index in [1.165, 1.54) is 24.8 Å². The van der Waals surface area contributed by atoms with Gasteiger partial charge in [-0.1, -0.05) is 24.6 Å². The highest BCUT2D eigenvalue weighted by Gasteiger charge is 2.22. The average Bonchev–Trinajstić information content (AvgIpc) is 2.27. The molecule has 1 atom stereocenters. The van der Waals surface area contributed by atoms with Gasteiger partial charge in [-0.05, 0) is 30.9 Å². The lowest BCUT2D eigenvalue weighted by Gasteiger charge is -2.31. The van der Waals surface area contributed by atoms with Crippen molar-refractivity contribution in [2.45, 2.75) is 31.7 Å². The van der Waals surface area contributed by atoms with Crippen LogP contribution in [-0.2, 0) is 6.42 Å². The summed E-state index contributed by atoms with van der Waals surface area (Å²) < 4.78 is 5.78. The zero-order valence-electron chi connectivity index (χ0n) is 9.61. The topological polar surface area (TPSA) is 21.3 Å². The molecule has 0 aromatic heterocycles. The number of benzene rings is 1. The monoisotopic (exact) mass is 217 g/mol. The molecule has 0 spiro atoms. The van der Waals surface area contributed by atoms with Crippen LogP contribution in [0.15, 0.2) is 24.3 Å². The highest BCUT2D eigenvalue weighted by atomic mass is 16.5. The van der Waals surface area contributed by atoms with Gasteiger partial charge in [0.2, 0.25) is 0 Å². The Morgan fingerprint density at radius 2 is 2.12 bits per heavy atom. The van der Waals surface area contributed by atoms with Gasteiger partial charge in [-0.3, -0.25) is 0 Å². The first-order valence-electron chi connectivity index (χ1n) is 6.36. The molecule has 0 bridgehead atoms. The van der Waals surface area contributed by atoms with E-state index < -0.39 is 0 Å². The molecule has 2 aliphatic rings. The summed E-state index contributed by atoms with van der Waals surface area (Å²) in [6, 6.07) is 9.20. The maximum Gasteiger partial charge on any atom is 0.122 e. The van der Waals surface area contributed by atoms with E-state index in [0.717, 1.165) is 31.4 Å². The first kappa shape index (κ1) is 10.2. The summed E-state index contributed by atoms with van der Waals surface area (Å²) in [4.78, 5) is 0. The SMILES string of the molecule is c1ccc2c(c1)CC(CNC1CCC1)CO2. The van der Waals surface area contributed by atoms with Crippen LogP contribution in [0, 0.1) is 5.92 Å². The fourth-order valence-corrected chi connectivity index (χ4v) is 2.47. The number of ether oxygens (including phenoxy) is 1. The van der Waals surface area contributed by atoms with Crippen molar-refractivity contribution in [1.82, 2.24) is 5.32 Å². The lowest BCUT2D eigenvalue weighted by atomic mass is 9.91. The summed E-state index contributed by atoms with van der Waals surface area (Å²) in [6.07, 6.45) is 5.30. The van der Waals surface area contributed by atoms with Crippen molar-refractivity contribution in [3.05, 3.63) is 29.8 Å². The standard InChI is InChI=1S/C14H19NO/c1-2-7-14-12(4-1)8-11(10-16-14)9-15-13-5-3-6-13/h1-2,4,7,11,13,15H,3,5-6,8-10H2. The summed E-state index contributed by atoms with van der Waals surface area (Å²) in [5, 5.41) is 3.64. The third-order valence-corrected chi connectivity index (χ3v) is 3.76. The van der Waals surface area contributed by atoms with Crippen molar-refractivity contribution in [3.8, 4) is 5.75 Å². The molecule has 1 fully saturated rings. The Hall–Kier alpha value is -1.02. The van der Waals surface area contributed by atoms with Gasteiger partial charge in [0.05, 0.1) is 6.61 Å². The fourth-order valence-electron chi connectivity index (χ4n) is 2.47. The maximum atomic E-state index is 5.78. The van der Waals surface area contributed by atoms with Gasteiger partial charge in [-0.15, -0.1) is 0 Å². The zero-order chi connectivity index (χ0) is 10.8. The quantitative estimate of drug-likeness (QED) is 0.839. The van der Waals surface area contributed by atoms with Crippen LogP contribution in [0.3, 0.4) is 0 Å². The molecule has 1 heterocycles. The first-order valence-corrected chi connectivity index (χ1v) is 6.36. The third kappa shape index (κ3) is 2.07. The molecule has 0 saturated heterocycles. The normalized spacial score (nSPS) is 24.4. The number of rotatable bonds is 3. The van der Waals surface area contributed by atoms with Crippen molar-refractivity contribution in [2.24, 2.45) is 5.92 Å². The van der Waals surface area contributed by atoms with Crippen LogP contribution in [0.2, 0.25) is 0 Å². The van der Waals surface area contributed by atoms with E-state index in [1.807, 2.05) is 6.07 Å². The summed E-state index contributed by atoms with van der Waals surface area (Å²) >= 11 is 0. The van der Waals surface area contributed by atoms with Crippen molar-refractivity contribution in [3.63, 3.8) is 0 Å². The molecule has 0 amide bonds. The van der Waals surface area contributed by atoms with Crippen molar-refractivity contribution in [1.29, 1.82) is 0 Å². The van der Waals surface area contributed by atoms with E-state index in [2.05, 4.69) is 23.5 Å². The van der Waals surface area contributed by atoms with Crippen LogP contribution in [0.1, 0.15) is 24.8 Å².